The molecule has 5 N–H and O–H groups in total. The highest BCUT2D eigenvalue weighted by atomic mass is 16.5. The fourth-order valence-electron chi connectivity index (χ4n) is 3.63. The lowest BCUT2D eigenvalue weighted by atomic mass is 9.90. The third kappa shape index (κ3) is 9.26. The van der Waals surface area contributed by atoms with Crippen LogP contribution in [-0.2, 0) is 11.2 Å². The summed E-state index contributed by atoms with van der Waals surface area (Å²) in [6, 6.07) is 9.40. The predicted molar refractivity (Wildman–Crippen MR) is 112 cm³/mol. The van der Waals surface area contributed by atoms with Crippen LogP contribution in [0.25, 0.3) is 0 Å². The molecule has 2 unspecified atom stereocenters. The first-order valence-corrected chi connectivity index (χ1v) is 10.8. The zero-order valence-electron chi connectivity index (χ0n) is 17.6. The maximum atomic E-state index is 12.7. The van der Waals surface area contributed by atoms with Crippen LogP contribution in [0.5, 0.6) is 0 Å². The minimum absolute atomic E-state index is 0.0618. The van der Waals surface area contributed by atoms with Gasteiger partial charge in [0.15, 0.2) is 0 Å². The molecule has 1 aliphatic carbocycles. The summed E-state index contributed by atoms with van der Waals surface area (Å²) in [7, 11) is 0. The third-order valence-electron chi connectivity index (χ3n) is 5.57. The summed E-state index contributed by atoms with van der Waals surface area (Å²) in [5.41, 5.74) is 0.914. The minimum atomic E-state index is -2.25. The molecule has 1 aliphatic rings. The van der Waals surface area contributed by atoms with Crippen LogP contribution in [0.15, 0.2) is 30.3 Å². The van der Waals surface area contributed by atoms with E-state index in [0.717, 1.165) is 24.8 Å². The molecule has 1 aromatic carbocycles. The molecule has 1 aromatic rings. The Morgan fingerprint density at radius 2 is 1.79 bits per heavy atom. The number of amides is 1. The first-order chi connectivity index (χ1) is 13.7. The van der Waals surface area contributed by atoms with Gasteiger partial charge in [-0.2, -0.15) is 0 Å². The van der Waals surface area contributed by atoms with Crippen molar-refractivity contribution in [3.63, 3.8) is 0 Å². The minimum Gasteiger partial charge on any atom is -0.390 e. The van der Waals surface area contributed by atoms with Gasteiger partial charge in [0.2, 0.25) is 11.8 Å². The number of aliphatic hydroxyl groups excluding tert-OH is 2. The average molecular weight is 408 g/mol. The van der Waals surface area contributed by atoms with Crippen molar-refractivity contribution in [2.24, 2.45) is 17.8 Å². The van der Waals surface area contributed by atoms with Crippen molar-refractivity contribution in [2.45, 2.75) is 83.3 Å². The molecule has 0 aromatic heterocycles. The Hall–Kier alpha value is -1.47. The molecule has 0 radical (unpaired) electrons. The second kappa shape index (κ2) is 11.1. The zero-order chi connectivity index (χ0) is 21.4. The van der Waals surface area contributed by atoms with Crippen molar-refractivity contribution in [3.05, 3.63) is 35.9 Å². The normalized spacial score (nSPS) is 17.8. The van der Waals surface area contributed by atoms with Crippen LogP contribution < -0.4 is 5.32 Å². The number of hydrogen-bond acceptors (Lipinski definition) is 5. The lowest BCUT2D eigenvalue weighted by molar-refractivity contribution is -0.196. The van der Waals surface area contributed by atoms with Crippen LogP contribution in [-0.4, -0.2) is 44.5 Å². The number of benzene rings is 1. The van der Waals surface area contributed by atoms with Crippen LogP contribution >= 0.6 is 0 Å². The number of carbonyl (C=O) groups is 1. The Bertz CT molecular complexity index is 615. The van der Waals surface area contributed by atoms with Gasteiger partial charge < -0.3 is 25.7 Å². The number of aliphatic hydroxyl groups is 4. The van der Waals surface area contributed by atoms with E-state index in [0.29, 0.717) is 31.1 Å². The summed E-state index contributed by atoms with van der Waals surface area (Å²) in [6.45, 7) is 4.12. The molecule has 6 heteroatoms. The topological polar surface area (TPSA) is 110 Å². The largest absolute Gasteiger partial charge is 0.390 e. The molecule has 1 fully saturated rings. The van der Waals surface area contributed by atoms with Crippen molar-refractivity contribution in [3.8, 4) is 0 Å². The fourth-order valence-corrected chi connectivity index (χ4v) is 3.63. The Labute approximate surface area is 174 Å². The second-order valence-corrected chi connectivity index (χ2v) is 9.03. The SMILES string of the molecule is CC(C)CCCC(O)(O)NC(=O)C(CC1CC1)CC(O)[C@@H](O)Cc1ccccc1. The molecule has 1 amide bonds. The Kier molecular flexibility index (Phi) is 9.08. The van der Waals surface area contributed by atoms with Gasteiger partial charge in [-0.3, -0.25) is 4.79 Å². The molecule has 3 atom stereocenters. The monoisotopic (exact) mass is 407 g/mol. The van der Waals surface area contributed by atoms with Gasteiger partial charge in [0, 0.05) is 18.8 Å². The molecule has 164 valence electrons. The molecule has 0 bridgehead atoms. The van der Waals surface area contributed by atoms with Crippen LogP contribution in [0.3, 0.4) is 0 Å². The van der Waals surface area contributed by atoms with Gasteiger partial charge in [-0.25, -0.2) is 0 Å². The van der Waals surface area contributed by atoms with Crippen molar-refractivity contribution in [1.82, 2.24) is 5.32 Å². The molecule has 6 nitrogen and oxygen atoms in total. The van der Waals surface area contributed by atoms with Gasteiger partial charge in [-0.15, -0.1) is 0 Å². The number of nitrogens with one attached hydrogen (secondary N) is 1. The van der Waals surface area contributed by atoms with E-state index >= 15 is 0 Å². The van der Waals surface area contributed by atoms with E-state index in [9.17, 15) is 25.2 Å². The number of hydrogen-bond donors (Lipinski definition) is 5. The number of carbonyl (C=O) groups excluding carboxylic acids is 1. The maximum Gasteiger partial charge on any atom is 0.246 e. The van der Waals surface area contributed by atoms with Gasteiger partial charge in [0.25, 0.3) is 0 Å². The predicted octanol–water partition coefficient (Wildman–Crippen LogP) is 2.34. The summed E-state index contributed by atoms with van der Waals surface area (Å²) in [4.78, 5) is 12.7. The molecular weight excluding hydrogens is 370 g/mol. The summed E-state index contributed by atoms with van der Waals surface area (Å²) in [5, 5.41) is 43.5. The molecule has 0 heterocycles. The van der Waals surface area contributed by atoms with Crippen molar-refractivity contribution >= 4 is 5.91 Å². The first-order valence-electron chi connectivity index (χ1n) is 10.8. The number of rotatable bonds is 13. The van der Waals surface area contributed by atoms with Gasteiger partial charge in [0.05, 0.1) is 12.2 Å². The van der Waals surface area contributed by atoms with Crippen LogP contribution in [0.2, 0.25) is 0 Å². The molecular formula is C23H37NO5. The zero-order valence-corrected chi connectivity index (χ0v) is 17.6. The summed E-state index contributed by atoms with van der Waals surface area (Å²) in [5.74, 6) is -2.41. The van der Waals surface area contributed by atoms with Gasteiger partial charge in [-0.05, 0) is 36.7 Å². The first kappa shape index (κ1) is 23.8. The summed E-state index contributed by atoms with van der Waals surface area (Å²) >= 11 is 0. The van der Waals surface area contributed by atoms with E-state index < -0.39 is 29.9 Å². The Balaban J connectivity index is 1.90. The van der Waals surface area contributed by atoms with Gasteiger partial charge in [0.1, 0.15) is 0 Å². The van der Waals surface area contributed by atoms with E-state index in [-0.39, 0.29) is 12.8 Å². The lowest BCUT2D eigenvalue weighted by Gasteiger charge is -2.28. The van der Waals surface area contributed by atoms with Crippen LogP contribution in [0.1, 0.15) is 64.4 Å². The second-order valence-electron chi connectivity index (χ2n) is 9.03. The van der Waals surface area contributed by atoms with Crippen molar-refractivity contribution in [2.75, 3.05) is 0 Å². The third-order valence-corrected chi connectivity index (χ3v) is 5.57. The molecule has 29 heavy (non-hydrogen) atoms. The molecule has 0 saturated heterocycles. The summed E-state index contributed by atoms with van der Waals surface area (Å²) in [6.07, 6.45) is 2.54. The smallest absolute Gasteiger partial charge is 0.246 e. The standard InChI is InChI=1S/C23H37NO5/c1-16(2)7-6-12-23(28,29)24-22(27)19(13-18-10-11-18)15-21(26)20(25)14-17-8-4-3-5-9-17/h3-5,8-9,16,18-21,25-26,28-29H,6-7,10-15H2,1-2H3,(H,24,27)/t19?,20-,21?/m0/s1. The average Bonchev–Trinajstić information content (AvgIpc) is 3.45. The highest BCUT2D eigenvalue weighted by molar-refractivity contribution is 5.79. The highest BCUT2D eigenvalue weighted by Crippen LogP contribution is 2.37. The molecule has 0 spiro atoms. The Morgan fingerprint density at radius 3 is 2.38 bits per heavy atom. The van der Waals surface area contributed by atoms with Gasteiger partial charge in [-0.1, -0.05) is 63.4 Å². The van der Waals surface area contributed by atoms with Crippen LogP contribution in [0, 0.1) is 17.8 Å². The summed E-state index contributed by atoms with van der Waals surface area (Å²) < 4.78 is 0. The van der Waals surface area contributed by atoms with E-state index in [4.69, 9.17) is 0 Å². The molecule has 2 rings (SSSR count). The molecule has 0 aliphatic heterocycles. The molecule has 1 saturated carbocycles. The van der Waals surface area contributed by atoms with Crippen molar-refractivity contribution < 1.29 is 25.2 Å². The van der Waals surface area contributed by atoms with E-state index in [1.54, 1.807) is 0 Å². The lowest BCUT2D eigenvalue weighted by Crippen LogP contribution is -2.51. The maximum absolute atomic E-state index is 12.7. The van der Waals surface area contributed by atoms with Crippen molar-refractivity contribution in [1.29, 1.82) is 0 Å². The van der Waals surface area contributed by atoms with E-state index in [1.807, 2.05) is 30.3 Å². The van der Waals surface area contributed by atoms with Gasteiger partial charge >= 0.3 is 0 Å². The fraction of sp³-hybridized carbons (Fsp3) is 0.696. The quantitative estimate of drug-likeness (QED) is 0.322. The van der Waals surface area contributed by atoms with E-state index in [2.05, 4.69) is 19.2 Å². The van der Waals surface area contributed by atoms with E-state index in [1.165, 1.54) is 0 Å². The van der Waals surface area contributed by atoms with Crippen LogP contribution in [0.4, 0.5) is 0 Å². The highest BCUT2D eigenvalue weighted by Gasteiger charge is 2.35. The Morgan fingerprint density at radius 1 is 1.14 bits per heavy atom.